The van der Waals surface area contributed by atoms with Gasteiger partial charge in [0.15, 0.2) is 0 Å². The molecule has 0 aromatic carbocycles. The van der Waals surface area contributed by atoms with Crippen LogP contribution in [0.2, 0.25) is 0 Å². The molecule has 0 aliphatic rings. The summed E-state index contributed by atoms with van der Waals surface area (Å²) in [5.41, 5.74) is -0.194. The first kappa shape index (κ1) is 12.7. The van der Waals surface area contributed by atoms with Crippen LogP contribution in [0, 0.1) is 11.3 Å². The molecule has 4 nitrogen and oxygen atoms in total. The van der Waals surface area contributed by atoms with Crippen molar-refractivity contribution in [3.05, 3.63) is 11.6 Å². The Bertz CT molecular complexity index is 240. The smallest absolute Gasteiger partial charge is 0.346 e. The number of unbranched alkanes of at least 4 members (excludes halogenated alkanes) is 1. The third kappa shape index (κ3) is 6.21. The van der Waals surface area contributed by atoms with E-state index in [4.69, 9.17) is 15.1 Å². The topological polar surface area (TPSA) is 70.3 Å². The van der Waals surface area contributed by atoms with E-state index in [9.17, 15) is 4.79 Å². The molecule has 0 saturated heterocycles. The predicted molar refractivity (Wildman–Crippen MR) is 51.7 cm³/mol. The van der Waals surface area contributed by atoms with Crippen molar-refractivity contribution in [3.8, 4) is 6.07 Å². The Hall–Kier alpha value is -1.34. The molecule has 0 saturated carbocycles. The van der Waals surface area contributed by atoms with Gasteiger partial charge in [-0.15, -0.1) is 0 Å². The SMILES string of the molecule is CCCOCCCC=C(C#N)C(=O)O. The lowest BCUT2D eigenvalue weighted by molar-refractivity contribution is -0.132. The fraction of sp³-hybridized carbons (Fsp3) is 0.600. The van der Waals surface area contributed by atoms with Gasteiger partial charge in [-0.2, -0.15) is 5.26 Å². The Balaban J connectivity index is 3.60. The van der Waals surface area contributed by atoms with Gasteiger partial charge in [-0.1, -0.05) is 13.0 Å². The molecule has 0 bridgehead atoms. The molecule has 0 spiro atoms. The minimum Gasteiger partial charge on any atom is -0.477 e. The zero-order chi connectivity index (χ0) is 10.8. The molecule has 0 aromatic heterocycles. The molecule has 78 valence electrons. The van der Waals surface area contributed by atoms with Gasteiger partial charge < -0.3 is 9.84 Å². The van der Waals surface area contributed by atoms with Crippen LogP contribution in [0.4, 0.5) is 0 Å². The number of aliphatic carboxylic acids is 1. The van der Waals surface area contributed by atoms with Gasteiger partial charge in [0.1, 0.15) is 11.6 Å². The number of carboxylic acid groups (broad SMARTS) is 1. The highest BCUT2D eigenvalue weighted by Crippen LogP contribution is 1.99. The monoisotopic (exact) mass is 197 g/mol. The quantitative estimate of drug-likeness (QED) is 0.383. The number of nitrogens with zero attached hydrogens (tertiary/aromatic N) is 1. The molecule has 0 fully saturated rings. The molecule has 1 N–H and O–H groups in total. The van der Waals surface area contributed by atoms with Gasteiger partial charge in [0.05, 0.1) is 0 Å². The molecule has 0 heterocycles. The molecule has 0 amide bonds. The molecule has 14 heavy (non-hydrogen) atoms. The molecule has 0 aliphatic carbocycles. The van der Waals surface area contributed by atoms with Crippen molar-refractivity contribution in [1.29, 1.82) is 5.26 Å². The van der Waals surface area contributed by atoms with Crippen LogP contribution in [0.1, 0.15) is 26.2 Å². The number of hydrogen-bond donors (Lipinski definition) is 1. The van der Waals surface area contributed by atoms with Crippen molar-refractivity contribution in [2.75, 3.05) is 13.2 Å². The first-order valence-electron chi connectivity index (χ1n) is 4.63. The van der Waals surface area contributed by atoms with Crippen LogP contribution < -0.4 is 0 Å². The van der Waals surface area contributed by atoms with Crippen molar-refractivity contribution in [2.24, 2.45) is 0 Å². The Morgan fingerprint density at radius 1 is 1.57 bits per heavy atom. The zero-order valence-corrected chi connectivity index (χ0v) is 8.32. The highest BCUT2D eigenvalue weighted by atomic mass is 16.5. The van der Waals surface area contributed by atoms with Gasteiger partial charge in [-0.05, 0) is 19.3 Å². The van der Waals surface area contributed by atoms with Crippen LogP contribution in [-0.2, 0) is 9.53 Å². The minimum absolute atomic E-state index is 0.194. The molecular weight excluding hydrogens is 182 g/mol. The summed E-state index contributed by atoms with van der Waals surface area (Å²) in [6.07, 6.45) is 3.73. The second-order valence-corrected chi connectivity index (χ2v) is 2.79. The van der Waals surface area contributed by atoms with E-state index in [-0.39, 0.29) is 5.57 Å². The second kappa shape index (κ2) is 8.27. The number of carbonyl (C=O) groups is 1. The minimum atomic E-state index is -1.16. The molecule has 0 rings (SSSR count). The lowest BCUT2D eigenvalue weighted by Crippen LogP contribution is -1.99. The van der Waals surface area contributed by atoms with Gasteiger partial charge in [0, 0.05) is 13.2 Å². The van der Waals surface area contributed by atoms with E-state index in [1.54, 1.807) is 6.07 Å². The second-order valence-electron chi connectivity index (χ2n) is 2.79. The first-order chi connectivity index (χ1) is 6.72. The number of nitriles is 1. The number of allylic oxidation sites excluding steroid dienone is 1. The average molecular weight is 197 g/mol. The van der Waals surface area contributed by atoms with E-state index >= 15 is 0 Å². The fourth-order valence-corrected chi connectivity index (χ4v) is 0.859. The highest BCUT2D eigenvalue weighted by molar-refractivity contribution is 5.90. The van der Waals surface area contributed by atoms with Crippen molar-refractivity contribution in [1.82, 2.24) is 0 Å². The third-order valence-corrected chi connectivity index (χ3v) is 1.54. The number of rotatable bonds is 7. The first-order valence-corrected chi connectivity index (χ1v) is 4.63. The summed E-state index contributed by atoms with van der Waals surface area (Å²) < 4.78 is 5.20. The molecule has 0 aliphatic heterocycles. The Kier molecular flexibility index (Phi) is 7.48. The normalized spacial score (nSPS) is 11.0. The van der Waals surface area contributed by atoms with Crippen LogP contribution in [0.3, 0.4) is 0 Å². The molecule has 0 unspecified atom stereocenters. The fourth-order valence-electron chi connectivity index (χ4n) is 0.859. The van der Waals surface area contributed by atoms with E-state index in [2.05, 4.69) is 0 Å². The maximum absolute atomic E-state index is 10.4. The summed E-state index contributed by atoms with van der Waals surface area (Å²) in [6, 6.07) is 1.62. The zero-order valence-electron chi connectivity index (χ0n) is 8.32. The van der Waals surface area contributed by atoms with Gasteiger partial charge >= 0.3 is 5.97 Å². The summed E-state index contributed by atoms with van der Waals surface area (Å²) in [4.78, 5) is 10.4. The largest absolute Gasteiger partial charge is 0.477 e. The molecular formula is C10H15NO3. The van der Waals surface area contributed by atoms with Crippen LogP contribution in [0.15, 0.2) is 11.6 Å². The summed E-state index contributed by atoms with van der Waals surface area (Å²) in [7, 11) is 0. The van der Waals surface area contributed by atoms with Gasteiger partial charge in [0.2, 0.25) is 0 Å². The Morgan fingerprint density at radius 3 is 2.79 bits per heavy atom. The Morgan fingerprint density at radius 2 is 2.29 bits per heavy atom. The average Bonchev–Trinajstić information content (AvgIpc) is 2.16. The lowest BCUT2D eigenvalue weighted by Gasteiger charge is -1.99. The van der Waals surface area contributed by atoms with Crippen molar-refractivity contribution < 1.29 is 14.6 Å². The van der Waals surface area contributed by atoms with Crippen LogP contribution in [0.5, 0.6) is 0 Å². The van der Waals surface area contributed by atoms with E-state index < -0.39 is 5.97 Å². The highest BCUT2D eigenvalue weighted by Gasteiger charge is 2.03. The number of hydrogen-bond acceptors (Lipinski definition) is 3. The van der Waals surface area contributed by atoms with E-state index in [1.807, 2.05) is 6.92 Å². The van der Waals surface area contributed by atoms with E-state index in [0.717, 1.165) is 19.4 Å². The van der Waals surface area contributed by atoms with Crippen molar-refractivity contribution >= 4 is 5.97 Å². The van der Waals surface area contributed by atoms with Crippen LogP contribution in [-0.4, -0.2) is 24.3 Å². The Labute approximate surface area is 83.8 Å². The van der Waals surface area contributed by atoms with Gasteiger partial charge in [0.25, 0.3) is 0 Å². The summed E-state index contributed by atoms with van der Waals surface area (Å²) >= 11 is 0. The standard InChI is InChI=1S/C10H15NO3/c1-2-6-14-7-4-3-5-9(8-11)10(12)13/h5H,2-4,6-7H2,1H3,(H,12,13). The summed E-state index contributed by atoms with van der Waals surface area (Å²) in [5.74, 6) is -1.16. The van der Waals surface area contributed by atoms with E-state index in [0.29, 0.717) is 13.0 Å². The summed E-state index contributed by atoms with van der Waals surface area (Å²) in [6.45, 7) is 3.37. The van der Waals surface area contributed by atoms with Crippen molar-refractivity contribution in [2.45, 2.75) is 26.2 Å². The molecule has 4 heteroatoms. The predicted octanol–water partition coefficient (Wildman–Crippen LogP) is 1.73. The molecule has 0 atom stereocenters. The van der Waals surface area contributed by atoms with Crippen LogP contribution in [0.25, 0.3) is 0 Å². The maximum Gasteiger partial charge on any atom is 0.346 e. The molecule has 0 aromatic rings. The number of ether oxygens (including phenoxy) is 1. The molecule has 0 radical (unpaired) electrons. The third-order valence-electron chi connectivity index (χ3n) is 1.54. The maximum atomic E-state index is 10.4. The summed E-state index contributed by atoms with van der Waals surface area (Å²) in [5, 5.41) is 16.9. The number of carboxylic acids is 1. The van der Waals surface area contributed by atoms with Gasteiger partial charge in [-0.3, -0.25) is 0 Å². The lowest BCUT2D eigenvalue weighted by atomic mass is 10.2. The van der Waals surface area contributed by atoms with Gasteiger partial charge in [-0.25, -0.2) is 4.79 Å². The van der Waals surface area contributed by atoms with Crippen molar-refractivity contribution in [3.63, 3.8) is 0 Å². The van der Waals surface area contributed by atoms with Crippen LogP contribution >= 0.6 is 0 Å². The van der Waals surface area contributed by atoms with E-state index in [1.165, 1.54) is 6.08 Å².